The molecule has 0 radical (unpaired) electrons. The van der Waals surface area contributed by atoms with E-state index in [1.807, 2.05) is 6.92 Å². The minimum atomic E-state index is -0.0652. The molecule has 1 aliphatic carbocycles. The van der Waals surface area contributed by atoms with Crippen molar-refractivity contribution in [3.63, 3.8) is 0 Å². The Kier molecular flexibility index (Phi) is 4.78. The predicted molar refractivity (Wildman–Crippen MR) is 67.3 cm³/mol. The van der Waals surface area contributed by atoms with Crippen LogP contribution in [0, 0.1) is 11.3 Å². The summed E-state index contributed by atoms with van der Waals surface area (Å²) < 4.78 is 0. The summed E-state index contributed by atoms with van der Waals surface area (Å²) in [7, 11) is 0. The third-order valence-corrected chi connectivity index (χ3v) is 3.35. The van der Waals surface area contributed by atoms with Gasteiger partial charge >= 0.3 is 0 Å². The molecule has 1 amide bonds. The van der Waals surface area contributed by atoms with Crippen LogP contribution in [0.4, 0.5) is 0 Å². The second kappa shape index (κ2) is 5.67. The minimum Gasteiger partial charge on any atom is -0.355 e. The molecular weight excluding hydrogens is 200 g/mol. The van der Waals surface area contributed by atoms with Crippen LogP contribution >= 0.6 is 0 Å². The number of rotatable bonds is 7. The van der Waals surface area contributed by atoms with Crippen LogP contribution in [0.1, 0.15) is 47.0 Å². The Hall–Kier alpha value is -0.570. The highest BCUT2D eigenvalue weighted by Gasteiger charge is 2.37. The zero-order chi connectivity index (χ0) is 12.2. The summed E-state index contributed by atoms with van der Waals surface area (Å²) in [5, 5.41) is 6.28. The first-order valence-electron chi connectivity index (χ1n) is 6.44. The molecule has 3 heteroatoms. The first kappa shape index (κ1) is 13.5. The minimum absolute atomic E-state index is 0.0652. The molecule has 0 aromatic rings. The van der Waals surface area contributed by atoms with Crippen LogP contribution in [0.25, 0.3) is 0 Å². The fourth-order valence-electron chi connectivity index (χ4n) is 1.52. The highest BCUT2D eigenvalue weighted by atomic mass is 16.2. The van der Waals surface area contributed by atoms with Crippen LogP contribution in [-0.4, -0.2) is 25.0 Å². The molecule has 1 unspecified atom stereocenters. The average Bonchev–Trinajstić information content (AvgIpc) is 2.93. The van der Waals surface area contributed by atoms with Gasteiger partial charge in [0.2, 0.25) is 5.91 Å². The van der Waals surface area contributed by atoms with Crippen molar-refractivity contribution in [2.45, 2.75) is 53.0 Å². The molecule has 1 aliphatic rings. The van der Waals surface area contributed by atoms with E-state index in [2.05, 4.69) is 31.4 Å². The van der Waals surface area contributed by atoms with Crippen LogP contribution in [0.3, 0.4) is 0 Å². The van der Waals surface area contributed by atoms with E-state index in [0.29, 0.717) is 11.3 Å². The van der Waals surface area contributed by atoms with Crippen molar-refractivity contribution in [1.29, 1.82) is 0 Å². The van der Waals surface area contributed by atoms with Gasteiger partial charge in [-0.15, -0.1) is 0 Å². The summed E-state index contributed by atoms with van der Waals surface area (Å²) in [6.45, 7) is 10.3. The van der Waals surface area contributed by atoms with Crippen LogP contribution in [0.15, 0.2) is 0 Å². The first-order valence-corrected chi connectivity index (χ1v) is 6.44. The molecule has 3 nitrogen and oxygen atoms in total. The second-order valence-corrected chi connectivity index (χ2v) is 5.89. The fraction of sp³-hybridized carbons (Fsp3) is 0.923. The standard InChI is InChI=1S/C13H26N2O/c1-10(2)5-8-14-12(16)11(3)15-9-13(4)6-7-13/h10-11,15H,5-9H2,1-4H3,(H,14,16). The lowest BCUT2D eigenvalue weighted by Crippen LogP contribution is -2.44. The Balaban J connectivity index is 2.10. The Morgan fingerprint density at radius 3 is 2.44 bits per heavy atom. The number of amides is 1. The summed E-state index contributed by atoms with van der Waals surface area (Å²) in [4.78, 5) is 11.7. The van der Waals surface area contributed by atoms with Gasteiger partial charge in [-0.05, 0) is 37.5 Å². The third-order valence-electron chi connectivity index (χ3n) is 3.35. The molecule has 1 atom stereocenters. The molecule has 0 aromatic carbocycles. The summed E-state index contributed by atoms with van der Waals surface area (Å²) in [6, 6.07) is -0.0652. The highest BCUT2D eigenvalue weighted by molar-refractivity contribution is 5.81. The maximum atomic E-state index is 11.7. The molecule has 16 heavy (non-hydrogen) atoms. The highest BCUT2D eigenvalue weighted by Crippen LogP contribution is 2.44. The Bertz CT molecular complexity index is 234. The van der Waals surface area contributed by atoms with Gasteiger partial charge in [0.15, 0.2) is 0 Å². The van der Waals surface area contributed by atoms with Crippen molar-refractivity contribution in [3.05, 3.63) is 0 Å². The smallest absolute Gasteiger partial charge is 0.236 e. The lowest BCUT2D eigenvalue weighted by atomic mass is 10.1. The van der Waals surface area contributed by atoms with E-state index < -0.39 is 0 Å². The van der Waals surface area contributed by atoms with Crippen LogP contribution < -0.4 is 10.6 Å². The summed E-state index contributed by atoms with van der Waals surface area (Å²) in [6.07, 6.45) is 3.64. The van der Waals surface area contributed by atoms with Crippen molar-refractivity contribution in [1.82, 2.24) is 10.6 Å². The molecule has 0 bridgehead atoms. The third kappa shape index (κ3) is 4.97. The van der Waals surface area contributed by atoms with Gasteiger partial charge in [-0.2, -0.15) is 0 Å². The first-order chi connectivity index (χ1) is 7.43. The van der Waals surface area contributed by atoms with Crippen molar-refractivity contribution in [2.75, 3.05) is 13.1 Å². The molecule has 1 saturated carbocycles. The van der Waals surface area contributed by atoms with Crippen LogP contribution in [-0.2, 0) is 4.79 Å². The van der Waals surface area contributed by atoms with Gasteiger partial charge in [0.25, 0.3) is 0 Å². The van der Waals surface area contributed by atoms with Gasteiger partial charge < -0.3 is 10.6 Å². The molecule has 1 rings (SSSR count). The van der Waals surface area contributed by atoms with Gasteiger partial charge in [0.05, 0.1) is 6.04 Å². The Morgan fingerprint density at radius 1 is 1.31 bits per heavy atom. The van der Waals surface area contributed by atoms with E-state index in [1.165, 1.54) is 12.8 Å². The quantitative estimate of drug-likeness (QED) is 0.696. The zero-order valence-corrected chi connectivity index (χ0v) is 11.1. The van der Waals surface area contributed by atoms with E-state index in [9.17, 15) is 4.79 Å². The molecule has 1 fully saturated rings. The number of nitrogens with one attached hydrogen (secondary N) is 2. The number of hydrogen-bond donors (Lipinski definition) is 2. The van der Waals surface area contributed by atoms with Gasteiger partial charge in [0.1, 0.15) is 0 Å². The molecule has 0 aromatic heterocycles. The average molecular weight is 226 g/mol. The van der Waals surface area contributed by atoms with Crippen molar-refractivity contribution < 1.29 is 4.79 Å². The summed E-state index contributed by atoms with van der Waals surface area (Å²) in [5.41, 5.74) is 0.465. The largest absolute Gasteiger partial charge is 0.355 e. The molecule has 2 N–H and O–H groups in total. The van der Waals surface area contributed by atoms with Gasteiger partial charge in [-0.3, -0.25) is 4.79 Å². The van der Waals surface area contributed by atoms with E-state index >= 15 is 0 Å². The number of carbonyl (C=O) groups is 1. The van der Waals surface area contributed by atoms with Crippen molar-refractivity contribution in [3.8, 4) is 0 Å². The zero-order valence-electron chi connectivity index (χ0n) is 11.1. The van der Waals surface area contributed by atoms with Gasteiger partial charge in [-0.25, -0.2) is 0 Å². The second-order valence-electron chi connectivity index (χ2n) is 5.89. The fourth-order valence-corrected chi connectivity index (χ4v) is 1.52. The van der Waals surface area contributed by atoms with Gasteiger partial charge in [-0.1, -0.05) is 20.8 Å². The maximum absolute atomic E-state index is 11.7. The number of carbonyl (C=O) groups excluding carboxylic acids is 1. The molecule has 0 heterocycles. The number of hydrogen-bond acceptors (Lipinski definition) is 2. The van der Waals surface area contributed by atoms with Gasteiger partial charge in [0, 0.05) is 13.1 Å². The Morgan fingerprint density at radius 2 is 1.94 bits per heavy atom. The molecule has 0 aliphatic heterocycles. The molecule has 0 saturated heterocycles. The lowest BCUT2D eigenvalue weighted by Gasteiger charge is -2.17. The Labute approximate surface area is 99.4 Å². The summed E-state index contributed by atoms with van der Waals surface area (Å²) >= 11 is 0. The topological polar surface area (TPSA) is 41.1 Å². The molecular formula is C13H26N2O. The van der Waals surface area contributed by atoms with Crippen LogP contribution in [0.2, 0.25) is 0 Å². The molecule has 0 spiro atoms. The molecule has 94 valence electrons. The van der Waals surface area contributed by atoms with Crippen LogP contribution in [0.5, 0.6) is 0 Å². The lowest BCUT2D eigenvalue weighted by molar-refractivity contribution is -0.122. The SMILES string of the molecule is CC(C)CCNC(=O)C(C)NCC1(C)CC1. The summed E-state index contributed by atoms with van der Waals surface area (Å²) in [5.74, 6) is 0.777. The van der Waals surface area contributed by atoms with E-state index in [-0.39, 0.29) is 11.9 Å². The van der Waals surface area contributed by atoms with Crippen molar-refractivity contribution >= 4 is 5.91 Å². The van der Waals surface area contributed by atoms with E-state index in [4.69, 9.17) is 0 Å². The predicted octanol–water partition coefficient (Wildman–Crippen LogP) is 1.93. The normalized spacial score (nSPS) is 19.6. The van der Waals surface area contributed by atoms with Crippen molar-refractivity contribution in [2.24, 2.45) is 11.3 Å². The van der Waals surface area contributed by atoms with E-state index in [1.54, 1.807) is 0 Å². The van der Waals surface area contributed by atoms with E-state index in [0.717, 1.165) is 19.5 Å². The monoisotopic (exact) mass is 226 g/mol. The maximum Gasteiger partial charge on any atom is 0.236 e.